The maximum Gasteiger partial charge on any atom is 0.230 e. The van der Waals surface area contributed by atoms with Crippen LogP contribution in [0.3, 0.4) is 0 Å². The molecule has 0 radical (unpaired) electrons. The second kappa shape index (κ2) is 9.00. The number of carbonyl (C=O) groups is 2. The third-order valence-corrected chi connectivity index (χ3v) is 7.50. The van der Waals surface area contributed by atoms with Crippen molar-refractivity contribution in [3.8, 4) is 16.9 Å². The molecule has 3 aromatic rings. The quantitative estimate of drug-likeness (QED) is 0.521. The molecule has 1 N–H and O–H groups in total. The molecule has 4 heterocycles. The Hall–Kier alpha value is -2.55. The molecule has 2 aliphatic heterocycles. The lowest BCUT2D eigenvalue weighted by atomic mass is 10.0. The molecule has 2 fully saturated rings. The lowest BCUT2D eigenvalue weighted by Crippen LogP contribution is -2.37. The summed E-state index contributed by atoms with van der Waals surface area (Å²) >= 11 is 7.62. The number of benzene rings is 1. The van der Waals surface area contributed by atoms with Crippen molar-refractivity contribution in [3.63, 3.8) is 0 Å². The number of aromatic nitrogens is 1. The predicted octanol–water partition coefficient (Wildman–Crippen LogP) is 4.84. The maximum absolute atomic E-state index is 15.3. The van der Waals surface area contributed by atoms with Gasteiger partial charge in [0.1, 0.15) is 17.4 Å². The number of nitrogens with zero attached hydrogens (tertiary/aromatic N) is 2. The van der Waals surface area contributed by atoms with Crippen molar-refractivity contribution in [1.82, 2.24) is 15.2 Å². The molecule has 5 rings (SSSR count). The Balaban J connectivity index is 1.59. The summed E-state index contributed by atoms with van der Waals surface area (Å²) in [6, 6.07) is 5.52. The molecule has 2 saturated heterocycles. The van der Waals surface area contributed by atoms with E-state index in [-0.39, 0.29) is 42.8 Å². The first-order valence-corrected chi connectivity index (χ1v) is 12.2. The lowest BCUT2D eigenvalue weighted by molar-refractivity contribution is -0.139. The summed E-state index contributed by atoms with van der Waals surface area (Å²) in [5.41, 5.74) is 2.66. The first-order chi connectivity index (χ1) is 15.9. The molecular weight excluding hydrogens is 465 g/mol. The van der Waals surface area contributed by atoms with Gasteiger partial charge in [0.2, 0.25) is 11.8 Å². The van der Waals surface area contributed by atoms with Gasteiger partial charge in [-0.2, -0.15) is 0 Å². The highest BCUT2D eigenvalue weighted by molar-refractivity contribution is 7.19. The van der Waals surface area contributed by atoms with E-state index < -0.39 is 5.82 Å². The van der Waals surface area contributed by atoms with Crippen LogP contribution in [0.2, 0.25) is 5.02 Å². The molecule has 0 saturated carbocycles. The maximum atomic E-state index is 15.3. The standard InChI is InChI=1S/C24H23ClFN3O3S/c1-13-9-14(25)10-17(23(13)32-15-3-2-7-27-11-15)16-6-8-28-22-21(26)18(33-24(16)22)12-29-19(30)4-5-20(29)31/h6,8-10,15,27H,2-5,7,11-12H2,1H3. The van der Waals surface area contributed by atoms with Crippen molar-refractivity contribution >= 4 is 45.0 Å². The van der Waals surface area contributed by atoms with E-state index >= 15 is 4.39 Å². The molecule has 33 heavy (non-hydrogen) atoms. The average Bonchev–Trinajstić information content (AvgIpc) is 3.30. The minimum absolute atomic E-state index is 0.0394. The fraction of sp³-hybridized carbons (Fsp3) is 0.375. The van der Waals surface area contributed by atoms with Crippen molar-refractivity contribution < 1.29 is 18.7 Å². The lowest BCUT2D eigenvalue weighted by Gasteiger charge is -2.26. The Kier molecular flexibility index (Phi) is 6.07. The Bertz CT molecular complexity index is 1240. The highest BCUT2D eigenvalue weighted by atomic mass is 35.5. The van der Waals surface area contributed by atoms with Crippen LogP contribution in [0, 0.1) is 12.7 Å². The van der Waals surface area contributed by atoms with Gasteiger partial charge in [-0.05, 0) is 50.1 Å². The summed E-state index contributed by atoms with van der Waals surface area (Å²) in [6.45, 7) is 3.62. The van der Waals surface area contributed by atoms with Crippen LogP contribution in [0.15, 0.2) is 24.4 Å². The number of aryl methyl sites for hydroxylation is 1. The molecule has 6 nitrogen and oxygen atoms in total. The molecule has 172 valence electrons. The average molecular weight is 488 g/mol. The van der Waals surface area contributed by atoms with Crippen molar-refractivity contribution in [2.75, 3.05) is 13.1 Å². The van der Waals surface area contributed by atoms with Gasteiger partial charge in [0.15, 0.2) is 5.82 Å². The van der Waals surface area contributed by atoms with E-state index in [4.69, 9.17) is 16.3 Å². The summed E-state index contributed by atoms with van der Waals surface area (Å²) in [5, 5.41) is 3.92. The molecule has 1 unspecified atom stereocenters. The fourth-order valence-corrected chi connectivity index (χ4v) is 5.86. The molecule has 0 spiro atoms. The van der Waals surface area contributed by atoms with Crippen LogP contribution in [0.1, 0.15) is 36.1 Å². The Labute approximate surface area is 199 Å². The van der Waals surface area contributed by atoms with Gasteiger partial charge >= 0.3 is 0 Å². The molecule has 0 aliphatic carbocycles. The molecule has 9 heteroatoms. The van der Waals surface area contributed by atoms with Gasteiger partial charge in [-0.15, -0.1) is 11.3 Å². The second-order valence-corrected chi connectivity index (χ2v) is 9.98. The van der Waals surface area contributed by atoms with E-state index in [1.807, 2.05) is 25.1 Å². The van der Waals surface area contributed by atoms with Gasteiger partial charge in [-0.1, -0.05) is 11.6 Å². The van der Waals surface area contributed by atoms with Gasteiger partial charge in [0, 0.05) is 41.7 Å². The van der Waals surface area contributed by atoms with Gasteiger partial charge in [0.25, 0.3) is 0 Å². The van der Waals surface area contributed by atoms with Gasteiger partial charge in [-0.3, -0.25) is 19.5 Å². The minimum atomic E-state index is -0.498. The number of piperidine rings is 1. The molecule has 1 atom stereocenters. The summed E-state index contributed by atoms with van der Waals surface area (Å²) in [4.78, 5) is 29.8. The van der Waals surface area contributed by atoms with Crippen molar-refractivity contribution in [2.24, 2.45) is 0 Å². The van der Waals surface area contributed by atoms with Crippen LogP contribution in [-0.4, -0.2) is 40.9 Å². The summed E-state index contributed by atoms with van der Waals surface area (Å²) in [7, 11) is 0. The molecule has 2 amide bonds. The molecule has 1 aromatic carbocycles. The van der Waals surface area contributed by atoms with Crippen LogP contribution in [0.4, 0.5) is 4.39 Å². The van der Waals surface area contributed by atoms with E-state index in [0.717, 1.165) is 53.3 Å². The van der Waals surface area contributed by atoms with Crippen LogP contribution < -0.4 is 10.1 Å². The number of hydrogen-bond acceptors (Lipinski definition) is 6. The van der Waals surface area contributed by atoms with E-state index in [9.17, 15) is 9.59 Å². The van der Waals surface area contributed by atoms with Crippen LogP contribution in [0.25, 0.3) is 21.3 Å². The number of ether oxygens (including phenoxy) is 1. The van der Waals surface area contributed by atoms with Crippen molar-refractivity contribution in [2.45, 2.75) is 45.3 Å². The highest BCUT2D eigenvalue weighted by Gasteiger charge is 2.31. The number of fused-ring (bicyclic) bond motifs is 1. The third kappa shape index (κ3) is 4.23. The largest absolute Gasteiger partial charge is 0.488 e. The zero-order valence-corrected chi connectivity index (χ0v) is 19.7. The summed E-state index contributed by atoms with van der Waals surface area (Å²) < 4.78 is 22.4. The van der Waals surface area contributed by atoms with E-state index in [0.29, 0.717) is 14.6 Å². The zero-order valence-electron chi connectivity index (χ0n) is 18.1. The zero-order chi connectivity index (χ0) is 23.1. The van der Waals surface area contributed by atoms with Gasteiger partial charge < -0.3 is 10.1 Å². The number of amides is 2. The third-order valence-electron chi connectivity index (χ3n) is 6.10. The molecular formula is C24H23ClFN3O3S. The first kappa shape index (κ1) is 22.3. The highest BCUT2D eigenvalue weighted by Crippen LogP contribution is 2.43. The number of halogens is 2. The minimum Gasteiger partial charge on any atom is -0.488 e. The van der Waals surface area contributed by atoms with Crippen LogP contribution in [0.5, 0.6) is 5.75 Å². The van der Waals surface area contributed by atoms with E-state index in [1.165, 1.54) is 11.3 Å². The summed E-state index contributed by atoms with van der Waals surface area (Å²) in [5.74, 6) is -0.317. The van der Waals surface area contributed by atoms with Crippen molar-refractivity contribution in [1.29, 1.82) is 0 Å². The van der Waals surface area contributed by atoms with Gasteiger partial charge in [-0.25, -0.2) is 4.39 Å². The number of rotatable bonds is 5. The Morgan fingerprint density at radius 3 is 2.79 bits per heavy atom. The van der Waals surface area contributed by atoms with Gasteiger partial charge in [0.05, 0.1) is 16.1 Å². The predicted molar refractivity (Wildman–Crippen MR) is 126 cm³/mol. The molecule has 2 aliphatic rings. The number of carbonyl (C=O) groups excluding carboxylic acids is 2. The SMILES string of the molecule is Cc1cc(Cl)cc(-c2ccnc3c(F)c(CN4C(=O)CCC4=O)sc23)c1OC1CCCNC1. The smallest absolute Gasteiger partial charge is 0.230 e. The normalized spacial score (nSPS) is 19.0. The fourth-order valence-electron chi connectivity index (χ4n) is 4.44. The Morgan fingerprint density at radius 1 is 1.27 bits per heavy atom. The molecule has 0 bridgehead atoms. The number of thiophene rings is 1. The number of imide groups is 1. The topological polar surface area (TPSA) is 71.5 Å². The number of likely N-dealkylation sites (tertiary alicyclic amines) is 1. The van der Waals surface area contributed by atoms with E-state index in [1.54, 1.807) is 6.20 Å². The number of hydrogen-bond donors (Lipinski definition) is 1. The Morgan fingerprint density at radius 2 is 2.06 bits per heavy atom. The number of pyridine rings is 1. The van der Waals surface area contributed by atoms with Crippen LogP contribution in [-0.2, 0) is 16.1 Å². The van der Waals surface area contributed by atoms with Crippen molar-refractivity contribution in [3.05, 3.63) is 45.7 Å². The molecule has 2 aromatic heterocycles. The van der Waals surface area contributed by atoms with E-state index in [2.05, 4.69) is 10.3 Å². The summed E-state index contributed by atoms with van der Waals surface area (Å²) in [6.07, 6.45) is 3.94. The monoisotopic (exact) mass is 487 g/mol. The number of nitrogens with one attached hydrogen (secondary N) is 1. The van der Waals surface area contributed by atoms with Crippen LogP contribution >= 0.6 is 22.9 Å². The first-order valence-electron chi connectivity index (χ1n) is 11.0. The second-order valence-electron chi connectivity index (χ2n) is 8.43.